The maximum atomic E-state index is 11.0. The van der Waals surface area contributed by atoms with E-state index in [1.807, 2.05) is 0 Å². The van der Waals surface area contributed by atoms with Gasteiger partial charge in [0.05, 0.1) is 12.4 Å². The summed E-state index contributed by atoms with van der Waals surface area (Å²) < 4.78 is 4.52. The lowest BCUT2D eigenvalue weighted by Crippen LogP contribution is -2.32. The molecule has 0 radical (unpaired) electrons. The maximum absolute atomic E-state index is 11.0. The van der Waals surface area contributed by atoms with Crippen LogP contribution in [0.15, 0.2) is 0 Å². The minimum Gasteiger partial charge on any atom is -0.450 e. The Kier molecular flexibility index (Phi) is 8.36. The van der Waals surface area contributed by atoms with Gasteiger partial charge in [0.15, 0.2) is 0 Å². The van der Waals surface area contributed by atoms with Crippen LogP contribution in [-0.4, -0.2) is 41.8 Å². The van der Waals surface area contributed by atoms with E-state index < -0.39 is 6.09 Å². The maximum Gasteiger partial charge on any atom is 0.413 e. The molecule has 0 unspecified atom stereocenters. The first-order valence-corrected chi connectivity index (χ1v) is 5.51. The molecule has 0 fully saturated rings. The van der Waals surface area contributed by atoms with Crippen LogP contribution in [0.1, 0.15) is 13.3 Å². The fourth-order valence-electron chi connectivity index (χ4n) is 0.649. The molecule has 2 amide bonds. The van der Waals surface area contributed by atoms with Crippen LogP contribution >= 0.6 is 11.8 Å². The molecule has 0 aromatic carbocycles. The number of aliphatic hydroxyl groups is 1. The van der Waals surface area contributed by atoms with E-state index in [4.69, 9.17) is 5.11 Å². The van der Waals surface area contributed by atoms with Crippen molar-refractivity contribution in [2.45, 2.75) is 13.3 Å². The predicted octanol–water partition coefficient (Wildman–Crippen LogP) is 0.375. The number of thioether (sulfide) groups is 1. The van der Waals surface area contributed by atoms with Crippen LogP contribution in [0.2, 0.25) is 0 Å². The molecular weight excluding hydrogens is 206 g/mol. The van der Waals surface area contributed by atoms with Crippen LogP contribution in [0.5, 0.6) is 0 Å². The lowest BCUT2D eigenvalue weighted by molar-refractivity contribution is -0.117. The number of aliphatic hydroxyl groups excluding tert-OH is 1. The first kappa shape index (κ1) is 13.2. The Labute approximate surface area is 87.2 Å². The van der Waals surface area contributed by atoms with E-state index in [1.54, 1.807) is 6.92 Å². The van der Waals surface area contributed by atoms with Crippen LogP contribution in [-0.2, 0) is 9.53 Å². The average Bonchev–Trinajstić information content (AvgIpc) is 2.13. The van der Waals surface area contributed by atoms with Crippen molar-refractivity contribution in [1.82, 2.24) is 5.32 Å². The summed E-state index contributed by atoms with van der Waals surface area (Å²) in [6.45, 7) is 2.03. The Morgan fingerprint density at radius 1 is 1.50 bits per heavy atom. The van der Waals surface area contributed by atoms with Crippen molar-refractivity contribution in [2.24, 2.45) is 0 Å². The first-order chi connectivity index (χ1) is 6.70. The number of ether oxygens (including phenoxy) is 1. The zero-order chi connectivity index (χ0) is 10.8. The molecule has 0 aliphatic rings. The number of rotatable bonds is 6. The van der Waals surface area contributed by atoms with E-state index in [-0.39, 0.29) is 24.9 Å². The molecule has 0 rings (SSSR count). The molecule has 6 heteroatoms. The molecule has 0 saturated heterocycles. The van der Waals surface area contributed by atoms with Crippen molar-refractivity contribution in [3.63, 3.8) is 0 Å². The quantitative estimate of drug-likeness (QED) is 0.634. The molecule has 0 aromatic heterocycles. The smallest absolute Gasteiger partial charge is 0.413 e. The Morgan fingerprint density at radius 3 is 2.79 bits per heavy atom. The van der Waals surface area contributed by atoms with Gasteiger partial charge in [0.1, 0.15) is 0 Å². The van der Waals surface area contributed by atoms with Crippen LogP contribution < -0.4 is 5.32 Å². The van der Waals surface area contributed by atoms with Gasteiger partial charge in [-0.3, -0.25) is 10.1 Å². The third-order valence-corrected chi connectivity index (χ3v) is 2.24. The third kappa shape index (κ3) is 7.88. The van der Waals surface area contributed by atoms with Gasteiger partial charge in [-0.2, -0.15) is 11.8 Å². The summed E-state index contributed by atoms with van der Waals surface area (Å²) in [4.78, 5) is 21.7. The van der Waals surface area contributed by atoms with Crippen LogP contribution in [0.4, 0.5) is 4.79 Å². The molecular formula is C8H15NO4S. The van der Waals surface area contributed by atoms with Gasteiger partial charge in [0, 0.05) is 6.61 Å². The molecule has 14 heavy (non-hydrogen) atoms. The third-order valence-electron chi connectivity index (χ3n) is 1.20. The van der Waals surface area contributed by atoms with E-state index in [0.29, 0.717) is 12.2 Å². The van der Waals surface area contributed by atoms with E-state index in [9.17, 15) is 9.59 Å². The monoisotopic (exact) mass is 221 g/mol. The zero-order valence-electron chi connectivity index (χ0n) is 8.12. The molecule has 0 heterocycles. The fraction of sp³-hybridized carbons (Fsp3) is 0.750. The summed E-state index contributed by atoms with van der Waals surface area (Å²) in [6.07, 6.45) is -0.0579. The summed E-state index contributed by atoms with van der Waals surface area (Å²) >= 11 is 1.37. The highest BCUT2D eigenvalue weighted by Gasteiger charge is 2.07. The molecule has 2 N–H and O–H groups in total. The van der Waals surface area contributed by atoms with Gasteiger partial charge in [-0.05, 0) is 19.1 Å². The standard InChI is InChI=1S/C8H15NO4S/c1-2-13-8(12)9-7(11)6-14-5-3-4-10/h10H,2-6H2,1H3,(H,9,11,12). The van der Waals surface area contributed by atoms with Crippen LogP contribution in [0, 0.1) is 0 Å². The molecule has 0 aliphatic carbocycles. The molecule has 0 aliphatic heterocycles. The highest BCUT2D eigenvalue weighted by atomic mass is 32.2. The van der Waals surface area contributed by atoms with Crippen molar-refractivity contribution >= 4 is 23.8 Å². The summed E-state index contributed by atoms with van der Waals surface area (Å²) in [5.41, 5.74) is 0. The average molecular weight is 221 g/mol. The van der Waals surface area contributed by atoms with Gasteiger partial charge in [-0.15, -0.1) is 0 Å². The van der Waals surface area contributed by atoms with Crippen LogP contribution in [0.25, 0.3) is 0 Å². The topological polar surface area (TPSA) is 75.6 Å². The van der Waals surface area contributed by atoms with Gasteiger partial charge in [0.2, 0.25) is 5.91 Å². The van der Waals surface area contributed by atoms with Crippen molar-refractivity contribution in [3.8, 4) is 0 Å². The van der Waals surface area contributed by atoms with E-state index in [0.717, 1.165) is 0 Å². The highest BCUT2D eigenvalue weighted by molar-refractivity contribution is 7.99. The van der Waals surface area contributed by atoms with Crippen molar-refractivity contribution in [3.05, 3.63) is 0 Å². The Bertz CT molecular complexity index is 186. The minimum atomic E-state index is -0.708. The minimum absolute atomic E-state index is 0.118. The van der Waals surface area contributed by atoms with E-state index in [1.165, 1.54) is 11.8 Å². The van der Waals surface area contributed by atoms with Crippen molar-refractivity contribution in [1.29, 1.82) is 0 Å². The van der Waals surface area contributed by atoms with Crippen LogP contribution in [0.3, 0.4) is 0 Å². The molecule has 0 atom stereocenters. The lowest BCUT2D eigenvalue weighted by atomic mass is 10.5. The molecule has 0 aromatic rings. The number of hydrogen-bond donors (Lipinski definition) is 2. The first-order valence-electron chi connectivity index (χ1n) is 4.36. The second-order valence-corrected chi connectivity index (χ2v) is 3.50. The highest BCUT2D eigenvalue weighted by Crippen LogP contribution is 2.00. The normalized spacial score (nSPS) is 9.57. The molecule has 0 saturated carbocycles. The van der Waals surface area contributed by atoms with Gasteiger partial charge in [-0.1, -0.05) is 0 Å². The summed E-state index contributed by atoms with van der Waals surface area (Å²) in [6, 6.07) is 0. The van der Waals surface area contributed by atoms with Gasteiger partial charge < -0.3 is 9.84 Å². The largest absolute Gasteiger partial charge is 0.450 e. The van der Waals surface area contributed by atoms with Crippen molar-refractivity contribution in [2.75, 3.05) is 24.7 Å². The summed E-state index contributed by atoms with van der Waals surface area (Å²) in [5, 5.41) is 10.5. The molecule has 0 spiro atoms. The predicted molar refractivity (Wildman–Crippen MR) is 54.2 cm³/mol. The lowest BCUT2D eigenvalue weighted by Gasteiger charge is -2.03. The zero-order valence-corrected chi connectivity index (χ0v) is 8.93. The SMILES string of the molecule is CCOC(=O)NC(=O)CSCCCO. The molecule has 5 nitrogen and oxygen atoms in total. The van der Waals surface area contributed by atoms with E-state index in [2.05, 4.69) is 10.1 Å². The number of alkyl carbamates (subject to hydrolysis) is 1. The summed E-state index contributed by atoms with van der Waals surface area (Å²) in [5.74, 6) is 0.539. The number of nitrogens with one attached hydrogen (secondary N) is 1. The van der Waals surface area contributed by atoms with Gasteiger partial charge >= 0.3 is 6.09 Å². The van der Waals surface area contributed by atoms with Gasteiger partial charge in [0.25, 0.3) is 0 Å². The summed E-state index contributed by atoms with van der Waals surface area (Å²) in [7, 11) is 0. The Balaban J connectivity index is 3.40. The van der Waals surface area contributed by atoms with Crippen molar-refractivity contribution < 1.29 is 19.4 Å². The number of amides is 2. The second kappa shape index (κ2) is 8.83. The molecule has 82 valence electrons. The number of hydrogen-bond acceptors (Lipinski definition) is 5. The fourth-order valence-corrected chi connectivity index (χ4v) is 1.38. The second-order valence-electron chi connectivity index (χ2n) is 2.40. The number of carbonyl (C=O) groups is 2. The van der Waals surface area contributed by atoms with Gasteiger partial charge in [-0.25, -0.2) is 4.79 Å². The Hall–Kier alpha value is -0.750. The van der Waals surface area contributed by atoms with E-state index >= 15 is 0 Å². The number of carbonyl (C=O) groups excluding carboxylic acids is 2. The number of imide groups is 1. The Morgan fingerprint density at radius 2 is 2.21 bits per heavy atom. The molecule has 0 bridgehead atoms.